The van der Waals surface area contributed by atoms with Gasteiger partial charge in [-0.25, -0.2) is 14.4 Å². The Labute approximate surface area is 259 Å². The molecule has 45 heavy (non-hydrogen) atoms. The van der Waals surface area contributed by atoms with Gasteiger partial charge in [0.1, 0.15) is 23.3 Å². The average Bonchev–Trinajstić information content (AvgIpc) is 3.53. The van der Waals surface area contributed by atoms with Crippen LogP contribution in [0.1, 0.15) is 35.2 Å². The van der Waals surface area contributed by atoms with Gasteiger partial charge in [-0.1, -0.05) is 12.1 Å². The summed E-state index contributed by atoms with van der Waals surface area (Å²) in [5, 5.41) is 3.90. The summed E-state index contributed by atoms with van der Waals surface area (Å²) in [5.74, 6) is 2.21. The fourth-order valence-corrected chi connectivity index (χ4v) is 6.88. The van der Waals surface area contributed by atoms with Crippen molar-refractivity contribution < 1.29 is 18.7 Å². The third kappa shape index (κ3) is 4.82. The maximum atomic E-state index is 14.3. The number of ether oxygens (including phenoxy) is 1. The first-order valence-corrected chi connectivity index (χ1v) is 15.4. The summed E-state index contributed by atoms with van der Waals surface area (Å²) < 4.78 is 24.4. The number of hydrogen-bond acceptors (Lipinski definition) is 6. The number of carbonyl (C=O) groups is 2. The minimum Gasteiger partial charge on any atom is -0.494 e. The predicted molar refractivity (Wildman–Crippen MR) is 170 cm³/mol. The predicted octanol–water partition coefficient (Wildman–Crippen LogP) is 4.68. The van der Waals surface area contributed by atoms with Crippen LogP contribution in [0.25, 0.3) is 44.6 Å². The van der Waals surface area contributed by atoms with Gasteiger partial charge in [0.25, 0.3) is 5.91 Å². The van der Waals surface area contributed by atoms with Gasteiger partial charge in [-0.2, -0.15) is 0 Å². The zero-order valence-corrected chi connectivity index (χ0v) is 25.2. The number of piperidine rings is 1. The van der Waals surface area contributed by atoms with Crippen molar-refractivity contribution in [3.05, 3.63) is 59.8 Å². The molecule has 0 radical (unpaired) electrons. The maximum Gasteiger partial charge on any atom is 0.254 e. The normalized spacial score (nSPS) is 19.7. The van der Waals surface area contributed by atoms with Crippen molar-refractivity contribution in [1.82, 2.24) is 24.0 Å². The number of pyridine rings is 1. The smallest absolute Gasteiger partial charge is 0.254 e. The van der Waals surface area contributed by atoms with Crippen LogP contribution in [0.5, 0.6) is 5.75 Å². The van der Waals surface area contributed by atoms with Crippen LogP contribution in [0.3, 0.4) is 0 Å². The molecule has 230 valence electrons. The number of rotatable bonds is 6. The van der Waals surface area contributed by atoms with Gasteiger partial charge >= 0.3 is 0 Å². The second-order valence-electron chi connectivity index (χ2n) is 12.7. The highest BCUT2D eigenvalue weighted by atomic mass is 19.1. The number of methoxy groups -OCH3 is 1. The lowest BCUT2D eigenvalue weighted by atomic mass is 10.0. The molecule has 2 aliphatic heterocycles. The number of aromatic nitrogens is 4. The second kappa shape index (κ2) is 10.4. The Balaban J connectivity index is 1.22. The highest BCUT2D eigenvalue weighted by molar-refractivity contribution is 6.01. The highest BCUT2D eigenvalue weighted by Crippen LogP contribution is 2.39. The first-order chi connectivity index (χ1) is 21.7. The number of nitrogens with zero attached hydrogens (tertiary/aromatic N) is 5. The van der Waals surface area contributed by atoms with Crippen molar-refractivity contribution in [3.8, 4) is 28.4 Å². The second-order valence-corrected chi connectivity index (χ2v) is 12.7. The Morgan fingerprint density at radius 3 is 2.76 bits per heavy atom. The number of nitrogens with one attached hydrogen (secondary N) is 1. The Morgan fingerprint density at radius 2 is 1.98 bits per heavy atom. The molecule has 11 heteroatoms. The van der Waals surface area contributed by atoms with Crippen LogP contribution in [0.15, 0.2) is 48.7 Å². The maximum absolute atomic E-state index is 14.3. The van der Waals surface area contributed by atoms with Gasteiger partial charge < -0.3 is 29.8 Å². The fraction of sp³-hybridized carbons (Fsp3) is 0.353. The number of carbonyl (C=O) groups excluding carboxylic acids is 2. The standard InChI is InChI=1S/C34H34FN7O3/c1-40-31-26(8-22(11-29(31)45-2)34(44)41-16-24(35)13-25(36)17-41)38-33(40)28-10-20-6-5-19(9-27(20)42(28)15-18-3-4-18)23-7-21-12-30(43)39-32(21)37-14-23/h5-11,14,18,24-25H,3-4,12-13,15-17,36H2,1-2H3,(H,37,39,43)/t24-,25-/m1/s1. The largest absolute Gasteiger partial charge is 0.494 e. The van der Waals surface area contributed by atoms with Crippen LogP contribution in [-0.4, -0.2) is 68.2 Å². The lowest BCUT2D eigenvalue weighted by molar-refractivity contribution is -0.115. The summed E-state index contributed by atoms with van der Waals surface area (Å²) in [6, 6.07) is 13.7. The van der Waals surface area contributed by atoms with E-state index in [0.29, 0.717) is 41.5 Å². The van der Waals surface area contributed by atoms with E-state index < -0.39 is 6.17 Å². The number of aryl methyl sites for hydroxylation is 1. The molecule has 8 rings (SSSR count). The summed E-state index contributed by atoms with van der Waals surface area (Å²) in [4.78, 5) is 36.4. The van der Waals surface area contributed by atoms with Crippen molar-refractivity contribution in [2.45, 2.75) is 44.4 Å². The van der Waals surface area contributed by atoms with Crippen molar-refractivity contribution >= 4 is 39.6 Å². The molecule has 5 aromatic rings. The molecule has 1 aliphatic carbocycles. The van der Waals surface area contributed by atoms with Gasteiger partial charge in [0, 0.05) is 60.0 Å². The molecule has 2 aromatic carbocycles. The van der Waals surface area contributed by atoms with Gasteiger partial charge in [-0.3, -0.25) is 9.59 Å². The van der Waals surface area contributed by atoms with Crippen LogP contribution < -0.4 is 15.8 Å². The van der Waals surface area contributed by atoms with E-state index in [1.165, 1.54) is 17.7 Å². The molecule has 3 N–H and O–H groups in total. The van der Waals surface area contributed by atoms with E-state index >= 15 is 0 Å². The number of halogens is 1. The van der Waals surface area contributed by atoms with Gasteiger partial charge in [0.15, 0.2) is 5.82 Å². The zero-order valence-electron chi connectivity index (χ0n) is 25.2. The molecule has 2 atom stereocenters. The molecule has 1 saturated heterocycles. The fourth-order valence-electron chi connectivity index (χ4n) is 6.88. The minimum absolute atomic E-state index is 0.0279. The Bertz CT molecular complexity index is 2020. The molecule has 0 spiro atoms. The van der Waals surface area contributed by atoms with Gasteiger partial charge in [-0.15, -0.1) is 0 Å². The molecule has 0 bridgehead atoms. The summed E-state index contributed by atoms with van der Waals surface area (Å²) >= 11 is 0. The van der Waals surface area contributed by atoms with Gasteiger partial charge in [-0.05, 0) is 61.1 Å². The van der Waals surface area contributed by atoms with Crippen molar-refractivity contribution in [2.75, 3.05) is 25.5 Å². The van der Waals surface area contributed by atoms with Crippen LogP contribution in [-0.2, 0) is 24.8 Å². The number of hydrogen-bond donors (Lipinski definition) is 2. The highest BCUT2D eigenvalue weighted by Gasteiger charge is 2.30. The summed E-state index contributed by atoms with van der Waals surface area (Å²) in [5.41, 5.74) is 12.8. The molecule has 1 saturated carbocycles. The Kier molecular flexibility index (Phi) is 6.42. The van der Waals surface area contributed by atoms with E-state index in [-0.39, 0.29) is 30.8 Å². The number of amides is 2. The average molecular weight is 608 g/mol. The molecule has 3 aromatic heterocycles. The molecule has 2 amide bonds. The van der Waals surface area contributed by atoms with Gasteiger partial charge in [0.05, 0.1) is 31.3 Å². The first-order valence-electron chi connectivity index (χ1n) is 15.4. The Hall–Kier alpha value is -4.77. The van der Waals surface area contributed by atoms with Crippen LogP contribution >= 0.6 is 0 Å². The number of nitrogens with two attached hydrogens (primary N) is 1. The number of fused-ring (bicyclic) bond motifs is 3. The quantitative estimate of drug-likeness (QED) is 0.289. The van der Waals surface area contributed by atoms with Crippen molar-refractivity contribution in [2.24, 2.45) is 18.7 Å². The van der Waals surface area contributed by atoms with E-state index in [9.17, 15) is 14.0 Å². The van der Waals surface area contributed by atoms with Crippen molar-refractivity contribution in [1.29, 1.82) is 0 Å². The molecular formula is C34H34FN7O3. The molecule has 5 heterocycles. The summed E-state index contributed by atoms with van der Waals surface area (Å²) in [7, 11) is 3.54. The number of alkyl halides is 1. The number of imidazole rings is 1. The van der Waals surface area contributed by atoms with Crippen LogP contribution in [0.2, 0.25) is 0 Å². The zero-order chi connectivity index (χ0) is 31.0. The third-order valence-corrected chi connectivity index (χ3v) is 9.30. The van der Waals surface area contributed by atoms with E-state index in [1.807, 2.05) is 23.9 Å². The van der Waals surface area contributed by atoms with Crippen LogP contribution in [0, 0.1) is 5.92 Å². The molecule has 2 fully saturated rings. The lowest BCUT2D eigenvalue weighted by Crippen LogP contribution is -2.50. The topological polar surface area (TPSA) is 120 Å². The Morgan fingerprint density at radius 1 is 1.13 bits per heavy atom. The van der Waals surface area contributed by atoms with Gasteiger partial charge in [0.2, 0.25) is 5.91 Å². The molecular weight excluding hydrogens is 573 g/mol. The van der Waals surface area contributed by atoms with E-state index in [4.69, 9.17) is 15.5 Å². The third-order valence-electron chi connectivity index (χ3n) is 9.30. The lowest BCUT2D eigenvalue weighted by Gasteiger charge is -2.33. The molecule has 10 nitrogen and oxygen atoms in total. The number of benzene rings is 2. The number of anilines is 1. The SMILES string of the molecule is COc1cc(C(=O)N2C[C@H](N)C[C@@H](F)C2)cc2nc(-c3cc4ccc(-c5cnc6c(c5)CC(=O)N6)cc4n3CC3CC3)n(C)c12. The molecule has 3 aliphatic rings. The van der Waals surface area contributed by atoms with E-state index in [2.05, 4.69) is 39.1 Å². The van der Waals surface area contributed by atoms with E-state index in [1.54, 1.807) is 19.2 Å². The summed E-state index contributed by atoms with van der Waals surface area (Å²) in [6.07, 6.45) is 3.65. The minimum atomic E-state index is -1.14. The van der Waals surface area contributed by atoms with E-state index in [0.717, 1.165) is 51.2 Å². The summed E-state index contributed by atoms with van der Waals surface area (Å²) in [6.45, 7) is 1.21. The molecule has 0 unspecified atom stereocenters. The number of likely N-dealkylation sites (tertiary alicyclic amines) is 1. The van der Waals surface area contributed by atoms with Crippen molar-refractivity contribution in [3.63, 3.8) is 0 Å². The monoisotopic (exact) mass is 607 g/mol. The first kappa shape index (κ1) is 27.8. The van der Waals surface area contributed by atoms with Crippen LogP contribution in [0.4, 0.5) is 10.2 Å².